The lowest BCUT2D eigenvalue weighted by Gasteiger charge is -2.37. The second-order valence-corrected chi connectivity index (χ2v) is 9.51. The molecule has 0 aliphatic carbocycles. The summed E-state index contributed by atoms with van der Waals surface area (Å²) in [4.78, 5) is 52.6. The van der Waals surface area contributed by atoms with Crippen LogP contribution < -0.4 is 5.32 Å². The summed E-state index contributed by atoms with van der Waals surface area (Å²) < 4.78 is 10.8. The number of nitrogens with one attached hydrogen (secondary N) is 1. The zero-order valence-electron chi connectivity index (χ0n) is 19.5. The minimum absolute atomic E-state index is 0.0905. The van der Waals surface area contributed by atoms with Crippen LogP contribution in [0.3, 0.4) is 0 Å². The summed E-state index contributed by atoms with van der Waals surface area (Å²) in [7, 11) is 0. The number of carbonyl (C=O) groups is 4. The van der Waals surface area contributed by atoms with E-state index in [9.17, 15) is 19.2 Å². The first kappa shape index (κ1) is 24.5. The highest BCUT2D eigenvalue weighted by atomic mass is 16.6. The molecule has 33 heavy (non-hydrogen) atoms. The van der Waals surface area contributed by atoms with Gasteiger partial charge in [0.15, 0.2) is 5.78 Å². The van der Waals surface area contributed by atoms with Crippen molar-refractivity contribution in [3.05, 3.63) is 35.9 Å². The van der Waals surface area contributed by atoms with E-state index in [2.05, 4.69) is 5.32 Å². The zero-order chi connectivity index (χ0) is 24.0. The Morgan fingerprint density at radius 1 is 1.03 bits per heavy atom. The summed E-state index contributed by atoms with van der Waals surface area (Å²) in [6.07, 6.45) is 0.670. The lowest BCUT2D eigenvalue weighted by molar-refractivity contribution is -0.132. The van der Waals surface area contributed by atoms with Gasteiger partial charge in [0.05, 0.1) is 6.54 Å². The second-order valence-electron chi connectivity index (χ2n) is 9.51. The van der Waals surface area contributed by atoms with Gasteiger partial charge in [0, 0.05) is 25.6 Å². The number of carbonyl (C=O) groups excluding carboxylic acids is 4. The van der Waals surface area contributed by atoms with E-state index in [-0.39, 0.29) is 49.8 Å². The van der Waals surface area contributed by atoms with Gasteiger partial charge in [-0.25, -0.2) is 9.59 Å². The third-order valence-corrected chi connectivity index (χ3v) is 5.65. The van der Waals surface area contributed by atoms with E-state index in [1.54, 1.807) is 25.7 Å². The average Bonchev–Trinajstić information content (AvgIpc) is 2.77. The molecule has 3 rings (SSSR count). The fourth-order valence-corrected chi connectivity index (χ4v) is 3.93. The van der Waals surface area contributed by atoms with Crippen molar-refractivity contribution in [2.24, 2.45) is 0 Å². The maximum atomic E-state index is 13.0. The number of hydrogen-bond donors (Lipinski definition) is 1. The number of ketones is 1. The lowest BCUT2D eigenvalue weighted by atomic mass is 9.99. The van der Waals surface area contributed by atoms with Crippen molar-refractivity contribution in [1.29, 1.82) is 0 Å². The molecule has 1 aromatic carbocycles. The van der Waals surface area contributed by atoms with Crippen molar-refractivity contribution in [2.45, 2.75) is 70.7 Å². The fourth-order valence-electron chi connectivity index (χ4n) is 3.93. The molecule has 0 bridgehead atoms. The number of benzene rings is 1. The molecule has 2 fully saturated rings. The standard InChI is InChI=1S/C24H33N3O6/c1-24(2,3)33-23(31)27-15-19(28)9-10-20(27)21(29)25-18-11-13-26(14-12-18)22(30)32-16-17-7-5-4-6-8-17/h4-8,18,20H,9-16H2,1-3H3,(H,25,29)/t20-/m0/s1. The van der Waals surface area contributed by atoms with E-state index < -0.39 is 17.7 Å². The van der Waals surface area contributed by atoms with Crippen molar-refractivity contribution in [3.63, 3.8) is 0 Å². The molecule has 3 amide bonds. The number of piperidine rings is 2. The molecule has 180 valence electrons. The Bertz CT molecular complexity index is 859. The normalized spacial score (nSPS) is 19.7. The van der Waals surface area contributed by atoms with Crippen LogP contribution in [0, 0.1) is 0 Å². The van der Waals surface area contributed by atoms with E-state index >= 15 is 0 Å². The van der Waals surface area contributed by atoms with Crippen molar-refractivity contribution >= 4 is 23.9 Å². The highest BCUT2D eigenvalue weighted by Crippen LogP contribution is 2.20. The Balaban J connectivity index is 1.48. The summed E-state index contributed by atoms with van der Waals surface area (Å²) in [6.45, 7) is 6.25. The minimum Gasteiger partial charge on any atom is -0.445 e. The molecule has 2 aliphatic rings. The van der Waals surface area contributed by atoms with Gasteiger partial charge in [-0.3, -0.25) is 14.5 Å². The third-order valence-electron chi connectivity index (χ3n) is 5.65. The number of ether oxygens (including phenoxy) is 2. The van der Waals surface area contributed by atoms with Gasteiger partial charge in [-0.05, 0) is 45.6 Å². The summed E-state index contributed by atoms with van der Waals surface area (Å²) in [6, 6.07) is 8.62. The van der Waals surface area contributed by atoms with Gasteiger partial charge in [0.2, 0.25) is 5.91 Å². The first-order valence-electron chi connectivity index (χ1n) is 11.4. The monoisotopic (exact) mass is 459 g/mol. The van der Waals surface area contributed by atoms with Gasteiger partial charge < -0.3 is 19.7 Å². The van der Waals surface area contributed by atoms with Crippen LogP contribution in [-0.4, -0.2) is 71.0 Å². The van der Waals surface area contributed by atoms with Gasteiger partial charge in [-0.15, -0.1) is 0 Å². The zero-order valence-corrected chi connectivity index (χ0v) is 19.5. The van der Waals surface area contributed by atoms with Crippen LogP contribution in [0.15, 0.2) is 30.3 Å². The van der Waals surface area contributed by atoms with Crippen LogP contribution in [0.2, 0.25) is 0 Å². The molecule has 0 aromatic heterocycles. The first-order chi connectivity index (χ1) is 15.6. The van der Waals surface area contributed by atoms with Crippen LogP contribution in [0.4, 0.5) is 9.59 Å². The predicted molar refractivity (Wildman–Crippen MR) is 120 cm³/mol. The van der Waals surface area contributed by atoms with Crippen LogP contribution in [-0.2, 0) is 25.7 Å². The summed E-state index contributed by atoms with van der Waals surface area (Å²) in [5.74, 6) is -0.384. The molecule has 9 nitrogen and oxygen atoms in total. The van der Waals surface area contributed by atoms with Crippen LogP contribution >= 0.6 is 0 Å². The van der Waals surface area contributed by atoms with E-state index in [4.69, 9.17) is 9.47 Å². The molecule has 1 atom stereocenters. The summed E-state index contributed by atoms with van der Waals surface area (Å²) in [5, 5.41) is 2.99. The van der Waals surface area contributed by atoms with E-state index in [0.717, 1.165) is 5.56 Å². The Hall–Kier alpha value is -3.10. The van der Waals surface area contributed by atoms with Crippen molar-refractivity contribution < 1.29 is 28.7 Å². The molecule has 2 aliphatic heterocycles. The number of likely N-dealkylation sites (tertiary alicyclic amines) is 2. The molecular formula is C24H33N3O6. The van der Waals surface area contributed by atoms with Crippen molar-refractivity contribution in [2.75, 3.05) is 19.6 Å². The average molecular weight is 460 g/mol. The van der Waals surface area contributed by atoms with Gasteiger partial charge in [0.25, 0.3) is 0 Å². The first-order valence-corrected chi connectivity index (χ1v) is 11.4. The SMILES string of the molecule is CC(C)(C)OC(=O)N1CC(=O)CC[C@H]1C(=O)NC1CCN(C(=O)OCc2ccccc2)CC1. The maximum Gasteiger partial charge on any atom is 0.411 e. The predicted octanol–water partition coefficient (Wildman–Crippen LogP) is 2.87. The summed E-state index contributed by atoms with van der Waals surface area (Å²) >= 11 is 0. The van der Waals surface area contributed by atoms with E-state index in [1.165, 1.54) is 4.90 Å². The molecule has 0 unspecified atom stereocenters. The third kappa shape index (κ3) is 7.20. The maximum absolute atomic E-state index is 13.0. The molecule has 9 heteroatoms. The highest BCUT2D eigenvalue weighted by Gasteiger charge is 2.38. The van der Waals surface area contributed by atoms with Crippen LogP contribution in [0.1, 0.15) is 52.0 Å². The molecule has 2 heterocycles. The summed E-state index contributed by atoms with van der Waals surface area (Å²) in [5.41, 5.74) is 0.203. The van der Waals surface area contributed by atoms with Gasteiger partial charge in [-0.2, -0.15) is 0 Å². The molecule has 1 N–H and O–H groups in total. The fraction of sp³-hybridized carbons (Fsp3) is 0.583. The highest BCUT2D eigenvalue weighted by molar-refractivity contribution is 5.92. The Morgan fingerprint density at radius 2 is 1.70 bits per heavy atom. The van der Waals surface area contributed by atoms with Gasteiger partial charge in [-0.1, -0.05) is 30.3 Å². The molecule has 0 spiro atoms. The molecule has 0 radical (unpaired) electrons. The van der Waals surface area contributed by atoms with E-state index in [1.807, 2.05) is 30.3 Å². The number of Topliss-reactive ketones (excluding diaryl/α,β-unsaturated/α-hetero) is 1. The molecular weight excluding hydrogens is 426 g/mol. The molecule has 0 saturated carbocycles. The number of hydrogen-bond acceptors (Lipinski definition) is 6. The van der Waals surface area contributed by atoms with Crippen molar-refractivity contribution in [3.8, 4) is 0 Å². The largest absolute Gasteiger partial charge is 0.445 e. The van der Waals surface area contributed by atoms with Gasteiger partial charge >= 0.3 is 12.2 Å². The molecule has 2 saturated heterocycles. The van der Waals surface area contributed by atoms with E-state index in [0.29, 0.717) is 25.9 Å². The lowest BCUT2D eigenvalue weighted by Crippen LogP contribution is -2.57. The molecule has 1 aromatic rings. The number of nitrogens with zero attached hydrogens (tertiary/aromatic N) is 2. The second kappa shape index (κ2) is 10.7. The van der Waals surface area contributed by atoms with Gasteiger partial charge in [0.1, 0.15) is 18.2 Å². The van der Waals surface area contributed by atoms with Crippen LogP contribution in [0.5, 0.6) is 0 Å². The quantitative estimate of drug-likeness (QED) is 0.742. The number of amides is 3. The Labute approximate surface area is 194 Å². The van der Waals surface area contributed by atoms with Crippen molar-refractivity contribution in [1.82, 2.24) is 15.1 Å². The Kier molecular flexibility index (Phi) is 7.94. The number of rotatable bonds is 4. The topological polar surface area (TPSA) is 105 Å². The smallest absolute Gasteiger partial charge is 0.411 e. The Morgan fingerprint density at radius 3 is 2.33 bits per heavy atom. The minimum atomic E-state index is -0.744. The van der Waals surface area contributed by atoms with Crippen LogP contribution in [0.25, 0.3) is 0 Å².